The van der Waals surface area contributed by atoms with Gasteiger partial charge in [0.1, 0.15) is 0 Å². The molecule has 2 unspecified atom stereocenters. The molecular weight excluding hydrogens is 176 g/mol. The number of aliphatic carboxylic acids is 1. The van der Waals surface area contributed by atoms with Crippen LogP contribution in [-0.4, -0.2) is 11.1 Å². The van der Waals surface area contributed by atoms with E-state index < -0.39 is 5.97 Å². The van der Waals surface area contributed by atoms with Crippen LogP contribution < -0.4 is 0 Å². The van der Waals surface area contributed by atoms with Gasteiger partial charge in [0.25, 0.3) is 0 Å². The maximum Gasteiger partial charge on any atom is 0.303 e. The van der Waals surface area contributed by atoms with E-state index in [1.807, 2.05) is 0 Å². The molecule has 2 atom stereocenters. The highest BCUT2D eigenvalue weighted by atomic mass is 16.4. The maximum atomic E-state index is 10.7. The smallest absolute Gasteiger partial charge is 0.303 e. The second-order valence-corrected chi connectivity index (χ2v) is 5.03. The summed E-state index contributed by atoms with van der Waals surface area (Å²) in [5.74, 6) is 1.20. The first-order valence-electron chi connectivity index (χ1n) is 5.81. The number of hydrogen-bond donors (Lipinski definition) is 1. The minimum atomic E-state index is -0.620. The third-order valence-electron chi connectivity index (χ3n) is 3.28. The predicted octanol–water partition coefficient (Wildman–Crippen LogP) is 3.31. The molecule has 82 valence electrons. The quantitative estimate of drug-likeness (QED) is 0.752. The average Bonchev–Trinajstić information content (AvgIpc) is 2.06. The number of carboxylic acids is 1. The highest BCUT2D eigenvalue weighted by molar-refractivity contribution is 5.67. The Bertz CT molecular complexity index is 187. The first kappa shape index (κ1) is 11.5. The van der Waals surface area contributed by atoms with Crippen LogP contribution in [0.5, 0.6) is 0 Å². The van der Waals surface area contributed by atoms with E-state index >= 15 is 0 Å². The highest BCUT2D eigenvalue weighted by Crippen LogP contribution is 2.36. The van der Waals surface area contributed by atoms with Gasteiger partial charge in [0.05, 0.1) is 0 Å². The lowest BCUT2D eigenvalue weighted by molar-refractivity contribution is -0.138. The Morgan fingerprint density at radius 3 is 2.36 bits per heavy atom. The van der Waals surface area contributed by atoms with E-state index in [4.69, 9.17) is 5.11 Å². The molecule has 0 heterocycles. The summed E-state index contributed by atoms with van der Waals surface area (Å²) in [7, 11) is 0. The molecule has 1 aliphatic rings. The lowest BCUT2D eigenvalue weighted by Gasteiger charge is -2.31. The normalized spacial score (nSPS) is 27.9. The van der Waals surface area contributed by atoms with Gasteiger partial charge in [0, 0.05) is 6.42 Å². The van der Waals surface area contributed by atoms with Crippen LogP contribution in [0.4, 0.5) is 0 Å². The largest absolute Gasteiger partial charge is 0.481 e. The van der Waals surface area contributed by atoms with Crippen LogP contribution in [0.15, 0.2) is 0 Å². The van der Waals surface area contributed by atoms with Crippen LogP contribution in [0.2, 0.25) is 0 Å². The zero-order chi connectivity index (χ0) is 10.6. The Kier molecular flexibility index (Phi) is 4.43. The topological polar surface area (TPSA) is 37.3 Å². The summed E-state index contributed by atoms with van der Waals surface area (Å²) in [4.78, 5) is 10.7. The number of carboxylic acid groups (broad SMARTS) is 1. The fourth-order valence-corrected chi connectivity index (χ4v) is 2.69. The third kappa shape index (κ3) is 3.69. The van der Waals surface area contributed by atoms with Gasteiger partial charge in [-0.1, -0.05) is 33.1 Å². The van der Waals surface area contributed by atoms with E-state index in [1.165, 1.54) is 25.7 Å². The van der Waals surface area contributed by atoms with Gasteiger partial charge in [-0.25, -0.2) is 0 Å². The van der Waals surface area contributed by atoms with Gasteiger partial charge in [-0.3, -0.25) is 4.79 Å². The van der Waals surface area contributed by atoms with Crippen LogP contribution in [0.1, 0.15) is 52.4 Å². The second-order valence-electron chi connectivity index (χ2n) is 5.03. The highest BCUT2D eigenvalue weighted by Gasteiger charge is 2.27. The minimum absolute atomic E-state index is 0.386. The molecule has 1 N–H and O–H groups in total. The molecule has 0 saturated heterocycles. The Labute approximate surface area is 86.7 Å². The second kappa shape index (κ2) is 5.38. The molecule has 0 amide bonds. The van der Waals surface area contributed by atoms with Gasteiger partial charge in [-0.05, 0) is 30.6 Å². The van der Waals surface area contributed by atoms with Crippen molar-refractivity contribution in [3.63, 3.8) is 0 Å². The summed E-state index contributed by atoms with van der Waals surface area (Å²) in [6, 6.07) is 0. The molecule has 14 heavy (non-hydrogen) atoms. The van der Waals surface area contributed by atoms with Crippen molar-refractivity contribution >= 4 is 5.97 Å². The molecule has 0 aliphatic heterocycles. The van der Waals surface area contributed by atoms with Crippen molar-refractivity contribution in [3.8, 4) is 0 Å². The Morgan fingerprint density at radius 1 is 1.29 bits per heavy atom. The van der Waals surface area contributed by atoms with Crippen molar-refractivity contribution < 1.29 is 9.90 Å². The van der Waals surface area contributed by atoms with Crippen molar-refractivity contribution in [2.24, 2.45) is 17.8 Å². The van der Waals surface area contributed by atoms with E-state index in [-0.39, 0.29) is 0 Å². The third-order valence-corrected chi connectivity index (χ3v) is 3.28. The van der Waals surface area contributed by atoms with Crippen LogP contribution in [0, 0.1) is 17.8 Å². The monoisotopic (exact) mass is 198 g/mol. The lowest BCUT2D eigenvalue weighted by atomic mass is 9.74. The van der Waals surface area contributed by atoms with Gasteiger partial charge in [0.2, 0.25) is 0 Å². The van der Waals surface area contributed by atoms with Gasteiger partial charge in [0.15, 0.2) is 0 Å². The summed E-state index contributed by atoms with van der Waals surface area (Å²) >= 11 is 0. The van der Waals surface area contributed by atoms with Crippen molar-refractivity contribution in [2.45, 2.75) is 52.4 Å². The van der Waals surface area contributed by atoms with Gasteiger partial charge in [-0.2, -0.15) is 0 Å². The molecule has 1 rings (SSSR count). The van der Waals surface area contributed by atoms with E-state index in [0.29, 0.717) is 24.2 Å². The molecular formula is C12H22O2. The Morgan fingerprint density at radius 2 is 1.86 bits per heavy atom. The van der Waals surface area contributed by atoms with Gasteiger partial charge in [-0.15, -0.1) is 0 Å². The lowest BCUT2D eigenvalue weighted by Crippen LogP contribution is -2.23. The summed E-state index contributed by atoms with van der Waals surface area (Å²) in [6.45, 7) is 4.46. The molecule has 0 aromatic rings. The number of hydrogen-bond acceptors (Lipinski definition) is 1. The molecule has 2 nitrogen and oxygen atoms in total. The SMILES string of the molecule is CC(C)CC1CCCCC1CC(=O)O. The molecule has 1 aliphatic carbocycles. The van der Waals surface area contributed by atoms with Gasteiger partial charge >= 0.3 is 5.97 Å². The first-order valence-corrected chi connectivity index (χ1v) is 5.81. The molecule has 1 saturated carbocycles. The van der Waals surface area contributed by atoms with Crippen LogP contribution >= 0.6 is 0 Å². The van der Waals surface area contributed by atoms with Gasteiger partial charge < -0.3 is 5.11 Å². The van der Waals surface area contributed by atoms with E-state index in [1.54, 1.807) is 0 Å². The molecule has 0 bridgehead atoms. The summed E-state index contributed by atoms with van der Waals surface area (Å²) in [5, 5.41) is 8.82. The zero-order valence-electron chi connectivity index (χ0n) is 9.33. The molecule has 0 radical (unpaired) electrons. The maximum absolute atomic E-state index is 10.7. The molecule has 0 spiro atoms. The van der Waals surface area contributed by atoms with Crippen LogP contribution in [0.3, 0.4) is 0 Å². The summed E-state index contributed by atoms with van der Waals surface area (Å²) in [6.07, 6.45) is 6.50. The molecule has 0 aromatic heterocycles. The fourth-order valence-electron chi connectivity index (χ4n) is 2.69. The first-order chi connectivity index (χ1) is 6.59. The zero-order valence-corrected chi connectivity index (χ0v) is 9.33. The van der Waals surface area contributed by atoms with Crippen molar-refractivity contribution in [1.82, 2.24) is 0 Å². The summed E-state index contributed by atoms with van der Waals surface area (Å²) in [5.41, 5.74) is 0. The fraction of sp³-hybridized carbons (Fsp3) is 0.917. The van der Waals surface area contributed by atoms with E-state index in [0.717, 1.165) is 6.42 Å². The van der Waals surface area contributed by atoms with E-state index in [9.17, 15) is 4.79 Å². The Balaban J connectivity index is 2.45. The molecule has 2 heteroatoms. The minimum Gasteiger partial charge on any atom is -0.481 e. The van der Waals surface area contributed by atoms with Crippen molar-refractivity contribution in [1.29, 1.82) is 0 Å². The average molecular weight is 198 g/mol. The summed E-state index contributed by atoms with van der Waals surface area (Å²) < 4.78 is 0. The number of rotatable bonds is 4. The van der Waals surface area contributed by atoms with Crippen molar-refractivity contribution in [3.05, 3.63) is 0 Å². The number of carbonyl (C=O) groups is 1. The van der Waals surface area contributed by atoms with E-state index in [2.05, 4.69) is 13.8 Å². The molecule has 0 aromatic carbocycles. The van der Waals surface area contributed by atoms with Crippen LogP contribution in [-0.2, 0) is 4.79 Å². The molecule has 1 fully saturated rings. The van der Waals surface area contributed by atoms with Crippen LogP contribution in [0.25, 0.3) is 0 Å². The predicted molar refractivity (Wildman–Crippen MR) is 57.2 cm³/mol. The standard InChI is InChI=1S/C12H22O2/c1-9(2)7-10-5-3-4-6-11(10)8-12(13)14/h9-11H,3-8H2,1-2H3,(H,13,14). The Hall–Kier alpha value is -0.530. The van der Waals surface area contributed by atoms with Crippen molar-refractivity contribution in [2.75, 3.05) is 0 Å².